The molecule has 214 valence electrons. The molecule has 0 radical (unpaired) electrons. The second kappa shape index (κ2) is 10.5. The molecule has 5 aromatic carbocycles. The van der Waals surface area contributed by atoms with Crippen LogP contribution in [0.5, 0.6) is 0 Å². The van der Waals surface area contributed by atoms with Crippen molar-refractivity contribution in [3.63, 3.8) is 0 Å². The zero-order valence-corrected chi connectivity index (χ0v) is 25.6. The standard InChI is InChI=1S/C42H30N2S/c1-5-12-26(6-2)27-13-11-14-30(23-27)44-37-16-10-9-15-33(37)42-38(44)22-21-36-41(42)34-24-28(18-20-35(34)43-36)29-17-19-32-31(7-3)39(8-4)45-40(32)25-29/h5-25,43H,1-4H2/b26-12+. The molecule has 0 aliphatic heterocycles. The number of aromatic nitrogens is 2. The average Bonchev–Trinajstić information content (AvgIpc) is 3.75. The lowest BCUT2D eigenvalue weighted by atomic mass is 9.99. The topological polar surface area (TPSA) is 20.7 Å². The molecule has 0 aliphatic carbocycles. The quantitative estimate of drug-likeness (QED) is 0.177. The number of rotatable bonds is 7. The molecule has 3 aromatic heterocycles. The molecule has 0 bridgehead atoms. The number of fused-ring (bicyclic) bond motifs is 8. The first-order chi connectivity index (χ1) is 22.1. The van der Waals surface area contributed by atoms with E-state index >= 15 is 0 Å². The number of benzene rings is 5. The van der Waals surface area contributed by atoms with Crippen molar-refractivity contribution in [3.8, 4) is 16.8 Å². The van der Waals surface area contributed by atoms with E-state index in [1.807, 2.05) is 30.4 Å². The molecule has 0 amide bonds. The average molecular weight is 595 g/mol. The molecular weight excluding hydrogens is 565 g/mol. The Bertz CT molecular complexity index is 2560. The van der Waals surface area contributed by atoms with Gasteiger partial charge in [0, 0.05) is 53.2 Å². The minimum Gasteiger partial charge on any atom is -0.354 e. The molecule has 3 heteroatoms. The van der Waals surface area contributed by atoms with Crippen molar-refractivity contribution in [3.05, 3.63) is 158 Å². The molecule has 8 aromatic rings. The van der Waals surface area contributed by atoms with Gasteiger partial charge in [-0.1, -0.05) is 105 Å². The molecule has 0 unspecified atom stereocenters. The zero-order chi connectivity index (χ0) is 30.7. The number of thiophene rings is 1. The van der Waals surface area contributed by atoms with Gasteiger partial charge in [0.2, 0.25) is 0 Å². The Balaban J connectivity index is 1.38. The van der Waals surface area contributed by atoms with E-state index in [1.54, 1.807) is 11.3 Å². The van der Waals surface area contributed by atoms with Crippen LogP contribution in [0.2, 0.25) is 0 Å². The Hall–Kier alpha value is -5.64. The number of nitrogens with zero attached hydrogens (tertiary/aromatic N) is 1. The number of H-pyrrole nitrogens is 1. The summed E-state index contributed by atoms with van der Waals surface area (Å²) in [6.45, 7) is 16.0. The molecule has 0 atom stereocenters. The molecule has 0 aliphatic rings. The fourth-order valence-electron chi connectivity index (χ4n) is 6.82. The Labute approximate surface area is 265 Å². The summed E-state index contributed by atoms with van der Waals surface area (Å²) in [5, 5.41) is 6.17. The normalized spacial score (nSPS) is 12.0. The third-order valence-corrected chi connectivity index (χ3v) is 10.00. The van der Waals surface area contributed by atoms with Crippen molar-refractivity contribution in [1.29, 1.82) is 0 Å². The van der Waals surface area contributed by atoms with Crippen LogP contribution < -0.4 is 0 Å². The van der Waals surface area contributed by atoms with E-state index in [-0.39, 0.29) is 0 Å². The largest absolute Gasteiger partial charge is 0.354 e. The highest BCUT2D eigenvalue weighted by molar-refractivity contribution is 7.20. The van der Waals surface area contributed by atoms with Crippen LogP contribution in [-0.4, -0.2) is 9.55 Å². The van der Waals surface area contributed by atoms with E-state index in [2.05, 4.69) is 133 Å². The summed E-state index contributed by atoms with van der Waals surface area (Å²) >= 11 is 1.76. The van der Waals surface area contributed by atoms with Gasteiger partial charge in [-0.25, -0.2) is 0 Å². The summed E-state index contributed by atoms with van der Waals surface area (Å²) in [6.07, 6.45) is 9.54. The van der Waals surface area contributed by atoms with Gasteiger partial charge in [0.25, 0.3) is 0 Å². The fraction of sp³-hybridized carbons (Fsp3) is 0. The van der Waals surface area contributed by atoms with E-state index in [1.165, 1.54) is 53.8 Å². The first kappa shape index (κ1) is 26.9. The Morgan fingerprint density at radius 2 is 1.49 bits per heavy atom. The summed E-state index contributed by atoms with van der Waals surface area (Å²) in [6, 6.07) is 35.3. The molecule has 0 saturated carbocycles. The lowest BCUT2D eigenvalue weighted by Gasteiger charge is -2.10. The van der Waals surface area contributed by atoms with Gasteiger partial charge in [0.05, 0.1) is 11.0 Å². The first-order valence-electron chi connectivity index (χ1n) is 15.0. The highest BCUT2D eigenvalue weighted by Crippen LogP contribution is 2.42. The number of aromatic amines is 1. The lowest BCUT2D eigenvalue weighted by molar-refractivity contribution is 1.18. The van der Waals surface area contributed by atoms with Crippen LogP contribution in [0.15, 0.2) is 142 Å². The molecule has 3 heterocycles. The van der Waals surface area contributed by atoms with Crippen LogP contribution in [0.3, 0.4) is 0 Å². The minimum atomic E-state index is 1.04. The highest BCUT2D eigenvalue weighted by atomic mass is 32.1. The van der Waals surface area contributed by atoms with Crippen LogP contribution >= 0.6 is 11.3 Å². The van der Waals surface area contributed by atoms with E-state index in [0.717, 1.165) is 38.3 Å². The van der Waals surface area contributed by atoms with Crippen molar-refractivity contribution in [1.82, 2.24) is 9.55 Å². The van der Waals surface area contributed by atoms with Gasteiger partial charge in [0.1, 0.15) is 0 Å². The van der Waals surface area contributed by atoms with Gasteiger partial charge < -0.3 is 9.55 Å². The van der Waals surface area contributed by atoms with E-state index in [4.69, 9.17) is 0 Å². The third-order valence-electron chi connectivity index (χ3n) is 8.83. The molecule has 45 heavy (non-hydrogen) atoms. The van der Waals surface area contributed by atoms with Crippen molar-refractivity contribution in [2.45, 2.75) is 0 Å². The van der Waals surface area contributed by atoms with Crippen molar-refractivity contribution < 1.29 is 0 Å². The molecular formula is C42H30N2S. The SMILES string of the molecule is C=C/C=C(\C=C)c1cccc(-n2c3ccccc3c3c4c(ccc32)[nH]c2ccc(-c3ccc5c(C=C)c(C=C)sc5c3)cc24)c1. The molecule has 0 fully saturated rings. The van der Waals surface area contributed by atoms with Gasteiger partial charge in [-0.3, -0.25) is 0 Å². The lowest BCUT2D eigenvalue weighted by Crippen LogP contribution is -1.95. The summed E-state index contributed by atoms with van der Waals surface area (Å²) in [7, 11) is 0. The van der Waals surface area contributed by atoms with Crippen LogP contribution in [0.1, 0.15) is 16.0 Å². The van der Waals surface area contributed by atoms with E-state index in [9.17, 15) is 0 Å². The van der Waals surface area contributed by atoms with Gasteiger partial charge in [-0.2, -0.15) is 0 Å². The maximum absolute atomic E-state index is 4.03. The first-order valence-corrected chi connectivity index (χ1v) is 15.8. The Morgan fingerprint density at radius 1 is 0.667 bits per heavy atom. The van der Waals surface area contributed by atoms with Gasteiger partial charge in [-0.15, -0.1) is 11.3 Å². The van der Waals surface area contributed by atoms with Crippen LogP contribution in [0, 0.1) is 0 Å². The highest BCUT2D eigenvalue weighted by Gasteiger charge is 2.18. The smallest absolute Gasteiger partial charge is 0.0548 e. The maximum Gasteiger partial charge on any atom is 0.0548 e. The summed E-state index contributed by atoms with van der Waals surface area (Å²) in [5.41, 5.74) is 11.4. The molecule has 1 N–H and O–H groups in total. The summed E-state index contributed by atoms with van der Waals surface area (Å²) in [5.74, 6) is 0. The van der Waals surface area contributed by atoms with Crippen LogP contribution in [0.25, 0.3) is 88.2 Å². The molecule has 0 spiro atoms. The number of hydrogen-bond donors (Lipinski definition) is 1. The second-order valence-corrected chi connectivity index (χ2v) is 12.3. The summed E-state index contributed by atoms with van der Waals surface area (Å²) in [4.78, 5) is 4.86. The van der Waals surface area contributed by atoms with Crippen molar-refractivity contribution in [2.75, 3.05) is 0 Å². The van der Waals surface area contributed by atoms with Crippen LogP contribution in [-0.2, 0) is 0 Å². The predicted octanol–water partition coefficient (Wildman–Crippen LogP) is 12.3. The number of para-hydroxylation sites is 1. The molecule has 0 saturated heterocycles. The van der Waals surface area contributed by atoms with Crippen LogP contribution in [0.4, 0.5) is 0 Å². The third kappa shape index (κ3) is 4.09. The van der Waals surface area contributed by atoms with E-state index in [0.29, 0.717) is 0 Å². The predicted molar refractivity (Wildman–Crippen MR) is 200 cm³/mol. The molecule has 8 rings (SSSR count). The monoisotopic (exact) mass is 594 g/mol. The van der Waals surface area contributed by atoms with Gasteiger partial charge >= 0.3 is 0 Å². The summed E-state index contributed by atoms with van der Waals surface area (Å²) < 4.78 is 3.62. The zero-order valence-electron chi connectivity index (χ0n) is 24.8. The van der Waals surface area contributed by atoms with Gasteiger partial charge in [0.15, 0.2) is 0 Å². The van der Waals surface area contributed by atoms with Gasteiger partial charge in [-0.05, 0) is 76.4 Å². The Morgan fingerprint density at radius 3 is 2.31 bits per heavy atom. The van der Waals surface area contributed by atoms with Crippen molar-refractivity contribution in [2.24, 2.45) is 0 Å². The maximum atomic E-state index is 4.03. The number of hydrogen-bond acceptors (Lipinski definition) is 1. The Kier molecular flexibility index (Phi) is 6.30. The van der Waals surface area contributed by atoms with E-state index < -0.39 is 0 Å². The fourth-order valence-corrected chi connectivity index (χ4v) is 7.92. The molecule has 2 nitrogen and oxygen atoms in total. The number of nitrogens with one attached hydrogen (secondary N) is 1. The minimum absolute atomic E-state index is 1.04. The van der Waals surface area contributed by atoms with Crippen molar-refractivity contribution >= 4 is 82.8 Å². The second-order valence-electron chi connectivity index (χ2n) is 11.2. The number of allylic oxidation sites excluding steroid dienone is 4.